The van der Waals surface area contributed by atoms with Crippen LogP contribution in [0.4, 0.5) is 17.1 Å². The molecule has 0 bridgehead atoms. The van der Waals surface area contributed by atoms with Gasteiger partial charge < -0.3 is 10.3 Å². The summed E-state index contributed by atoms with van der Waals surface area (Å²) in [5, 5.41) is 11.1. The molecule has 0 saturated heterocycles. The minimum absolute atomic E-state index is 0.0761. The van der Waals surface area contributed by atoms with E-state index in [-0.39, 0.29) is 10.6 Å². The Bertz CT molecular complexity index is 498. The third kappa shape index (κ3) is 3.85. The number of nitro groups is 1. The zero-order valence-corrected chi connectivity index (χ0v) is 12.7. The van der Waals surface area contributed by atoms with Crippen molar-refractivity contribution < 1.29 is 4.92 Å². The van der Waals surface area contributed by atoms with Gasteiger partial charge in [0.15, 0.2) is 0 Å². The number of anilines is 2. The summed E-state index contributed by atoms with van der Waals surface area (Å²) in [5.74, 6) is 5.95. The number of nitrogens with zero attached hydrogens (tertiary/aromatic N) is 2. The molecule has 0 unspecified atom stereocenters. The number of hydrogen-bond donors (Lipinski definition) is 2. The minimum atomic E-state index is -0.369. The van der Waals surface area contributed by atoms with Gasteiger partial charge in [-0.3, -0.25) is 16.0 Å². The van der Waals surface area contributed by atoms with Crippen molar-refractivity contribution in [1.82, 2.24) is 0 Å². The van der Waals surface area contributed by atoms with Crippen molar-refractivity contribution in [1.29, 1.82) is 0 Å². The summed E-state index contributed by atoms with van der Waals surface area (Å²) in [7, 11) is 0. The molecule has 0 heterocycles. The molecular weight excluding hydrogens is 268 g/mol. The van der Waals surface area contributed by atoms with Crippen LogP contribution >= 0.6 is 0 Å². The first-order valence-electron chi connectivity index (χ1n) is 7.54. The molecule has 0 aromatic heterocycles. The lowest BCUT2D eigenvalue weighted by atomic mass is 10.1. The van der Waals surface area contributed by atoms with Crippen molar-refractivity contribution in [2.24, 2.45) is 11.8 Å². The Balaban J connectivity index is 2.37. The lowest BCUT2D eigenvalue weighted by Gasteiger charge is -2.33. The largest absolute Gasteiger partial charge is 0.368 e. The van der Waals surface area contributed by atoms with E-state index < -0.39 is 0 Å². The SMILES string of the molecule is CC(C)CN(c1cc(NN)cc([N+](=O)[O-])c1)C1CCCC1. The van der Waals surface area contributed by atoms with E-state index in [4.69, 9.17) is 5.84 Å². The molecule has 2 rings (SSSR count). The number of non-ortho nitro benzene ring substituents is 1. The van der Waals surface area contributed by atoms with Crippen LogP contribution in [0, 0.1) is 16.0 Å². The Morgan fingerprint density at radius 3 is 2.57 bits per heavy atom. The van der Waals surface area contributed by atoms with E-state index >= 15 is 0 Å². The summed E-state index contributed by atoms with van der Waals surface area (Å²) in [6, 6.07) is 5.49. The fraction of sp³-hybridized carbons (Fsp3) is 0.600. The first-order valence-corrected chi connectivity index (χ1v) is 7.54. The highest BCUT2D eigenvalue weighted by molar-refractivity contribution is 5.64. The van der Waals surface area contributed by atoms with Gasteiger partial charge in [-0.15, -0.1) is 0 Å². The number of hydrogen-bond acceptors (Lipinski definition) is 5. The molecule has 0 radical (unpaired) electrons. The molecular formula is C15H24N4O2. The Hall–Kier alpha value is -1.82. The quantitative estimate of drug-likeness (QED) is 0.477. The van der Waals surface area contributed by atoms with Gasteiger partial charge in [0, 0.05) is 30.4 Å². The van der Waals surface area contributed by atoms with Gasteiger partial charge in [0.05, 0.1) is 10.6 Å². The third-order valence-corrected chi connectivity index (χ3v) is 3.94. The number of benzene rings is 1. The molecule has 6 heteroatoms. The zero-order valence-electron chi connectivity index (χ0n) is 12.7. The number of nitrogens with two attached hydrogens (primary N) is 1. The number of hydrazine groups is 1. The van der Waals surface area contributed by atoms with Gasteiger partial charge in [0.25, 0.3) is 5.69 Å². The van der Waals surface area contributed by atoms with Gasteiger partial charge in [-0.25, -0.2) is 0 Å². The molecule has 1 aromatic rings. The number of nitrogen functional groups attached to an aromatic ring is 1. The van der Waals surface area contributed by atoms with Gasteiger partial charge in [0.2, 0.25) is 0 Å². The van der Waals surface area contributed by atoms with E-state index in [0.717, 1.165) is 25.1 Å². The van der Waals surface area contributed by atoms with Crippen molar-refractivity contribution in [3.63, 3.8) is 0 Å². The molecule has 0 atom stereocenters. The molecule has 1 aromatic carbocycles. The standard InChI is InChI=1S/C15H24N4O2/c1-11(2)10-18(13-5-3-4-6-13)14-7-12(17-16)8-15(9-14)19(20)21/h7-9,11,13,17H,3-6,10,16H2,1-2H3. The molecule has 1 aliphatic carbocycles. The van der Waals surface area contributed by atoms with Crippen molar-refractivity contribution in [2.75, 3.05) is 16.9 Å². The zero-order chi connectivity index (χ0) is 15.4. The Morgan fingerprint density at radius 1 is 1.38 bits per heavy atom. The van der Waals surface area contributed by atoms with E-state index in [9.17, 15) is 10.1 Å². The topological polar surface area (TPSA) is 84.4 Å². The molecule has 1 saturated carbocycles. The predicted octanol–water partition coefficient (Wildman–Crippen LogP) is 3.29. The number of rotatable bonds is 6. The smallest absolute Gasteiger partial charge is 0.273 e. The Labute approximate surface area is 125 Å². The maximum Gasteiger partial charge on any atom is 0.273 e. The first kappa shape index (κ1) is 15.6. The fourth-order valence-corrected chi connectivity index (χ4v) is 3.02. The highest BCUT2D eigenvalue weighted by Crippen LogP contribution is 2.33. The molecule has 116 valence electrons. The maximum atomic E-state index is 11.1. The molecule has 0 amide bonds. The summed E-state index contributed by atoms with van der Waals surface area (Å²) in [5.41, 5.74) is 4.07. The van der Waals surface area contributed by atoms with Crippen LogP contribution in [0.2, 0.25) is 0 Å². The van der Waals surface area contributed by atoms with Crippen LogP contribution in [0.15, 0.2) is 18.2 Å². The molecule has 0 spiro atoms. The lowest BCUT2D eigenvalue weighted by Crippen LogP contribution is -2.36. The average Bonchev–Trinajstić information content (AvgIpc) is 2.97. The van der Waals surface area contributed by atoms with Gasteiger partial charge in [-0.05, 0) is 24.8 Å². The van der Waals surface area contributed by atoms with Gasteiger partial charge in [-0.1, -0.05) is 26.7 Å². The second-order valence-electron chi connectivity index (χ2n) is 6.12. The number of nitrogens with one attached hydrogen (secondary N) is 1. The van der Waals surface area contributed by atoms with E-state index in [1.165, 1.54) is 18.9 Å². The first-order chi connectivity index (χ1) is 10.0. The maximum absolute atomic E-state index is 11.1. The second-order valence-corrected chi connectivity index (χ2v) is 6.12. The summed E-state index contributed by atoms with van der Waals surface area (Å²) >= 11 is 0. The highest BCUT2D eigenvalue weighted by Gasteiger charge is 2.25. The van der Waals surface area contributed by atoms with Crippen LogP contribution in [0.1, 0.15) is 39.5 Å². The normalized spacial score (nSPS) is 15.4. The van der Waals surface area contributed by atoms with E-state index in [1.807, 2.05) is 6.07 Å². The van der Waals surface area contributed by atoms with Crippen molar-refractivity contribution >= 4 is 17.1 Å². The second kappa shape index (κ2) is 6.76. The van der Waals surface area contributed by atoms with Gasteiger partial charge in [0.1, 0.15) is 0 Å². The molecule has 3 N–H and O–H groups in total. The van der Waals surface area contributed by atoms with Crippen molar-refractivity contribution in [3.8, 4) is 0 Å². The summed E-state index contributed by atoms with van der Waals surface area (Å²) in [6.07, 6.45) is 4.77. The average molecular weight is 292 g/mol. The number of nitro benzene ring substituents is 1. The van der Waals surface area contributed by atoms with Crippen LogP contribution in [0.3, 0.4) is 0 Å². The molecule has 21 heavy (non-hydrogen) atoms. The summed E-state index contributed by atoms with van der Waals surface area (Å²) in [4.78, 5) is 13.0. The fourth-order valence-electron chi connectivity index (χ4n) is 3.02. The van der Waals surface area contributed by atoms with Crippen LogP contribution in [-0.4, -0.2) is 17.5 Å². The van der Waals surface area contributed by atoms with Gasteiger partial charge >= 0.3 is 0 Å². The van der Waals surface area contributed by atoms with E-state index in [0.29, 0.717) is 17.6 Å². The van der Waals surface area contributed by atoms with Crippen LogP contribution < -0.4 is 16.2 Å². The van der Waals surface area contributed by atoms with Crippen LogP contribution in [0.25, 0.3) is 0 Å². The molecule has 6 nitrogen and oxygen atoms in total. The van der Waals surface area contributed by atoms with E-state index in [1.54, 1.807) is 6.07 Å². The highest BCUT2D eigenvalue weighted by atomic mass is 16.6. The van der Waals surface area contributed by atoms with Crippen LogP contribution in [0.5, 0.6) is 0 Å². The van der Waals surface area contributed by atoms with Crippen molar-refractivity contribution in [2.45, 2.75) is 45.6 Å². The summed E-state index contributed by atoms with van der Waals surface area (Å²) < 4.78 is 0. The molecule has 1 fully saturated rings. The third-order valence-electron chi connectivity index (χ3n) is 3.94. The summed E-state index contributed by atoms with van der Waals surface area (Å²) in [6.45, 7) is 5.23. The molecule has 1 aliphatic rings. The van der Waals surface area contributed by atoms with E-state index in [2.05, 4.69) is 24.2 Å². The lowest BCUT2D eigenvalue weighted by molar-refractivity contribution is -0.384. The Morgan fingerprint density at radius 2 is 2.05 bits per heavy atom. The van der Waals surface area contributed by atoms with Gasteiger partial charge in [-0.2, -0.15) is 0 Å². The van der Waals surface area contributed by atoms with Crippen molar-refractivity contribution in [3.05, 3.63) is 28.3 Å². The predicted molar refractivity (Wildman–Crippen MR) is 85.3 cm³/mol. The minimum Gasteiger partial charge on any atom is -0.368 e. The van der Waals surface area contributed by atoms with Crippen LogP contribution in [-0.2, 0) is 0 Å². The monoisotopic (exact) mass is 292 g/mol. The molecule has 0 aliphatic heterocycles. The Kier molecular flexibility index (Phi) is 5.01.